The lowest BCUT2D eigenvalue weighted by Crippen LogP contribution is -2.49. The van der Waals surface area contributed by atoms with Crippen LogP contribution in [0.3, 0.4) is 0 Å². The van der Waals surface area contributed by atoms with Gasteiger partial charge in [0.15, 0.2) is 6.61 Å². The zero-order valence-corrected chi connectivity index (χ0v) is 20.6. The van der Waals surface area contributed by atoms with Crippen LogP contribution in [-0.2, 0) is 30.9 Å². The molecule has 2 aromatic rings. The monoisotopic (exact) mass is 507 g/mol. The molecule has 190 valence electrons. The van der Waals surface area contributed by atoms with Gasteiger partial charge in [0.05, 0.1) is 18.1 Å². The van der Waals surface area contributed by atoms with Crippen molar-refractivity contribution >= 4 is 21.8 Å². The van der Waals surface area contributed by atoms with E-state index in [1.54, 1.807) is 26.0 Å². The van der Waals surface area contributed by atoms with E-state index in [1.807, 2.05) is 0 Å². The summed E-state index contributed by atoms with van der Waals surface area (Å²) in [4.78, 5) is 26.9. The summed E-state index contributed by atoms with van der Waals surface area (Å²) in [5, 5.41) is 2.69. The van der Waals surface area contributed by atoms with Crippen LogP contribution in [0, 0.1) is 5.82 Å². The Morgan fingerprint density at radius 1 is 1.11 bits per heavy atom. The number of nitrogens with one attached hydrogen (secondary N) is 1. The molecule has 35 heavy (non-hydrogen) atoms. The maximum atomic E-state index is 13.3. The van der Waals surface area contributed by atoms with E-state index in [9.17, 15) is 22.4 Å². The lowest BCUT2D eigenvalue weighted by molar-refractivity contribution is -0.142. The third kappa shape index (κ3) is 7.00. The fourth-order valence-corrected chi connectivity index (χ4v) is 4.97. The van der Waals surface area contributed by atoms with E-state index in [1.165, 1.54) is 45.6 Å². The third-order valence-electron chi connectivity index (χ3n) is 5.58. The predicted molar refractivity (Wildman–Crippen MR) is 127 cm³/mol. The van der Waals surface area contributed by atoms with Gasteiger partial charge in [0, 0.05) is 26.2 Å². The number of carbonyl (C=O) groups is 2. The van der Waals surface area contributed by atoms with Crippen molar-refractivity contribution in [2.75, 3.05) is 39.5 Å². The summed E-state index contributed by atoms with van der Waals surface area (Å²) in [6.07, 6.45) is 0. The van der Waals surface area contributed by atoms with Gasteiger partial charge in [-0.1, -0.05) is 12.1 Å². The first kappa shape index (κ1) is 26.6. The van der Waals surface area contributed by atoms with E-state index < -0.39 is 27.8 Å². The highest BCUT2D eigenvalue weighted by atomic mass is 32.2. The fourth-order valence-electron chi connectivity index (χ4n) is 3.56. The zero-order chi connectivity index (χ0) is 25.4. The van der Waals surface area contributed by atoms with Crippen LogP contribution in [0.25, 0.3) is 0 Å². The number of ether oxygens (including phenoxy) is 2. The first-order valence-electron chi connectivity index (χ1n) is 11.3. The number of likely N-dealkylation sites (N-methyl/N-ethyl adjacent to an activating group) is 1. The molecule has 1 heterocycles. The van der Waals surface area contributed by atoms with Crippen LogP contribution in [0.15, 0.2) is 53.4 Å². The number of amides is 2. The quantitative estimate of drug-likeness (QED) is 0.526. The Morgan fingerprint density at radius 3 is 2.34 bits per heavy atom. The molecule has 0 radical (unpaired) electrons. The van der Waals surface area contributed by atoms with Crippen LogP contribution in [-0.4, -0.2) is 74.9 Å². The molecule has 1 aliphatic rings. The van der Waals surface area contributed by atoms with Gasteiger partial charge in [0.25, 0.3) is 5.91 Å². The number of carbonyl (C=O) groups excluding carboxylic acids is 2. The van der Waals surface area contributed by atoms with Gasteiger partial charge >= 0.3 is 0 Å². The van der Waals surface area contributed by atoms with E-state index >= 15 is 0 Å². The van der Waals surface area contributed by atoms with Gasteiger partial charge in [0.1, 0.15) is 17.6 Å². The number of benzene rings is 2. The molecule has 1 saturated heterocycles. The summed E-state index contributed by atoms with van der Waals surface area (Å²) < 4.78 is 50.9. The third-order valence-corrected chi connectivity index (χ3v) is 7.49. The molecule has 0 unspecified atom stereocenters. The maximum Gasteiger partial charge on any atom is 0.261 e. The van der Waals surface area contributed by atoms with Crippen molar-refractivity contribution in [2.45, 2.75) is 31.3 Å². The highest BCUT2D eigenvalue weighted by Gasteiger charge is 2.27. The highest BCUT2D eigenvalue weighted by Crippen LogP contribution is 2.21. The molecule has 0 bridgehead atoms. The summed E-state index contributed by atoms with van der Waals surface area (Å²) >= 11 is 0. The smallest absolute Gasteiger partial charge is 0.261 e. The number of morpholine rings is 1. The first-order chi connectivity index (χ1) is 16.7. The first-order valence-corrected chi connectivity index (χ1v) is 12.8. The normalized spacial score (nSPS) is 15.3. The molecule has 1 aliphatic heterocycles. The minimum atomic E-state index is -3.64. The molecule has 2 aromatic carbocycles. The van der Waals surface area contributed by atoms with Gasteiger partial charge in [-0.25, -0.2) is 12.8 Å². The number of nitrogens with zero attached hydrogens (tertiary/aromatic N) is 2. The molecule has 0 aliphatic carbocycles. The van der Waals surface area contributed by atoms with Crippen molar-refractivity contribution < 1.29 is 31.9 Å². The average molecular weight is 508 g/mol. The lowest BCUT2D eigenvalue weighted by atomic mass is 10.1. The molecule has 9 nitrogen and oxygen atoms in total. The van der Waals surface area contributed by atoms with Crippen molar-refractivity contribution in [3.8, 4) is 5.75 Å². The van der Waals surface area contributed by atoms with E-state index in [-0.39, 0.29) is 24.0 Å². The van der Waals surface area contributed by atoms with Crippen LogP contribution in [0.4, 0.5) is 4.39 Å². The number of hydrogen-bond donors (Lipinski definition) is 1. The van der Waals surface area contributed by atoms with Gasteiger partial charge in [-0.2, -0.15) is 4.31 Å². The van der Waals surface area contributed by atoms with E-state index in [0.29, 0.717) is 44.2 Å². The minimum Gasteiger partial charge on any atom is -0.484 e. The fraction of sp³-hybridized carbons (Fsp3) is 0.417. The Bertz CT molecular complexity index is 1100. The Labute approximate surface area is 204 Å². The minimum absolute atomic E-state index is 0.0947. The van der Waals surface area contributed by atoms with Crippen molar-refractivity contribution in [1.29, 1.82) is 0 Å². The van der Waals surface area contributed by atoms with Crippen LogP contribution >= 0.6 is 0 Å². The average Bonchev–Trinajstić information content (AvgIpc) is 2.87. The van der Waals surface area contributed by atoms with Gasteiger partial charge < -0.3 is 19.7 Å². The zero-order valence-electron chi connectivity index (χ0n) is 19.8. The second-order valence-corrected chi connectivity index (χ2v) is 9.93. The van der Waals surface area contributed by atoms with Crippen LogP contribution in [0.2, 0.25) is 0 Å². The number of halogens is 1. The molecule has 2 amide bonds. The molecule has 3 rings (SSSR count). The van der Waals surface area contributed by atoms with Crippen molar-refractivity contribution in [3.05, 3.63) is 59.9 Å². The summed E-state index contributed by atoms with van der Waals surface area (Å²) in [7, 11) is -3.64. The molecule has 1 N–H and O–H groups in total. The van der Waals surface area contributed by atoms with Gasteiger partial charge in [0.2, 0.25) is 15.9 Å². The van der Waals surface area contributed by atoms with E-state index in [2.05, 4.69) is 5.32 Å². The topological polar surface area (TPSA) is 105 Å². The molecule has 11 heteroatoms. The van der Waals surface area contributed by atoms with Crippen LogP contribution in [0.5, 0.6) is 5.75 Å². The molecule has 1 fully saturated rings. The summed E-state index contributed by atoms with van der Waals surface area (Å²) in [6.45, 7) is 4.83. The summed E-state index contributed by atoms with van der Waals surface area (Å²) in [5.41, 5.74) is 0.661. The van der Waals surface area contributed by atoms with E-state index in [4.69, 9.17) is 9.47 Å². The molecular weight excluding hydrogens is 477 g/mol. The molecule has 0 aromatic heterocycles. The lowest BCUT2D eigenvalue weighted by Gasteiger charge is -2.28. The number of sulfonamides is 1. The van der Waals surface area contributed by atoms with Gasteiger partial charge in [-0.3, -0.25) is 9.59 Å². The summed E-state index contributed by atoms with van der Waals surface area (Å²) in [5.74, 6) is -0.851. The maximum absolute atomic E-state index is 13.3. The Hall–Kier alpha value is -3.02. The molecular formula is C24H30FN3O6S. The second kappa shape index (κ2) is 12.1. The second-order valence-electron chi connectivity index (χ2n) is 8.00. The molecule has 0 saturated carbocycles. The Balaban J connectivity index is 1.67. The molecule has 1 atom stereocenters. The van der Waals surface area contributed by atoms with Crippen LogP contribution in [0.1, 0.15) is 19.4 Å². The number of rotatable bonds is 10. The van der Waals surface area contributed by atoms with E-state index in [0.717, 1.165) is 0 Å². The largest absolute Gasteiger partial charge is 0.484 e. The predicted octanol–water partition coefficient (Wildman–Crippen LogP) is 1.78. The standard InChI is InChI=1S/C24H30FN3O6S/c1-3-26-24(30)18(2)28(16-19-4-6-20(25)7-5-19)23(29)17-34-21-8-10-22(11-9-21)35(31,32)27-12-14-33-15-13-27/h4-11,18H,3,12-17H2,1-2H3,(H,26,30)/t18-/m1/s1. The highest BCUT2D eigenvalue weighted by molar-refractivity contribution is 7.89. The van der Waals surface area contributed by atoms with Crippen LogP contribution < -0.4 is 10.1 Å². The Kier molecular flexibility index (Phi) is 9.19. The SMILES string of the molecule is CCNC(=O)[C@@H](C)N(Cc1ccc(F)cc1)C(=O)COc1ccc(S(=O)(=O)N2CCOCC2)cc1. The van der Waals surface area contributed by atoms with Gasteiger partial charge in [-0.05, 0) is 55.8 Å². The summed E-state index contributed by atoms with van der Waals surface area (Å²) in [6, 6.07) is 10.7. The van der Waals surface area contributed by atoms with Crippen molar-refractivity contribution in [2.24, 2.45) is 0 Å². The number of hydrogen-bond acceptors (Lipinski definition) is 6. The van der Waals surface area contributed by atoms with Gasteiger partial charge in [-0.15, -0.1) is 0 Å². The molecule has 0 spiro atoms. The Morgan fingerprint density at radius 2 is 1.74 bits per heavy atom. The van der Waals surface area contributed by atoms with Crippen molar-refractivity contribution in [3.63, 3.8) is 0 Å². The van der Waals surface area contributed by atoms with Crippen molar-refractivity contribution in [1.82, 2.24) is 14.5 Å².